The number of amides is 3. The zero-order chi connectivity index (χ0) is 18.6. The van der Waals surface area contributed by atoms with Crippen LogP contribution in [-0.2, 0) is 19.8 Å². The minimum absolute atomic E-state index is 0.0735. The summed E-state index contributed by atoms with van der Waals surface area (Å²) in [5.74, 6) is -0.530. The Kier molecular flexibility index (Phi) is 3.98. The van der Waals surface area contributed by atoms with Crippen LogP contribution in [-0.4, -0.2) is 39.4 Å². The molecule has 2 heterocycles. The first-order valence-electron chi connectivity index (χ1n) is 8.93. The lowest BCUT2D eigenvalue weighted by Crippen LogP contribution is -2.35. The third kappa shape index (κ3) is 2.76. The molecule has 138 valence electrons. The summed E-state index contributed by atoms with van der Waals surface area (Å²) in [4.78, 5) is 38.7. The third-order valence-corrected chi connectivity index (χ3v) is 6.70. The highest BCUT2D eigenvalue weighted by atomic mass is 32.1. The van der Waals surface area contributed by atoms with Crippen molar-refractivity contribution < 1.29 is 14.4 Å². The Balaban J connectivity index is 1.35. The van der Waals surface area contributed by atoms with Crippen molar-refractivity contribution in [2.75, 3.05) is 11.9 Å². The first-order valence-corrected chi connectivity index (χ1v) is 9.75. The standard InChI is InChI=1S/C18H22N4O3S/c1-18(2,3)16-20-21-17(26-16)19-11(23)6-7-22-14(24)12-9-4-5-10(8-9)13(12)15(22)25/h4-5,9-10,12-13H,6-8H2,1-3H3,(H,19,21,23)/t9-,10-,12+,13+/m0/s1. The van der Waals surface area contributed by atoms with Gasteiger partial charge >= 0.3 is 0 Å². The molecule has 7 nitrogen and oxygen atoms in total. The van der Waals surface area contributed by atoms with E-state index in [1.807, 2.05) is 20.8 Å². The van der Waals surface area contributed by atoms with Gasteiger partial charge in [-0.15, -0.1) is 10.2 Å². The van der Waals surface area contributed by atoms with Crippen LogP contribution in [0.25, 0.3) is 0 Å². The van der Waals surface area contributed by atoms with Gasteiger partial charge in [-0.25, -0.2) is 0 Å². The van der Waals surface area contributed by atoms with Gasteiger partial charge in [-0.3, -0.25) is 19.3 Å². The molecule has 4 atom stereocenters. The molecule has 0 aromatic carbocycles. The molecule has 3 aliphatic rings. The number of nitrogens with one attached hydrogen (secondary N) is 1. The van der Waals surface area contributed by atoms with E-state index in [0.717, 1.165) is 11.4 Å². The number of allylic oxidation sites excluding steroid dienone is 2. The number of carbonyl (C=O) groups excluding carboxylic acids is 3. The van der Waals surface area contributed by atoms with E-state index < -0.39 is 0 Å². The number of hydrogen-bond acceptors (Lipinski definition) is 6. The van der Waals surface area contributed by atoms with Gasteiger partial charge in [0.15, 0.2) is 0 Å². The average Bonchev–Trinajstić information content (AvgIpc) is 3.30. The van der Waals surface area contributed by atoms with Crippen LogP contribution in [0.1, 0.15) is 38.6 Å². The molecule has 26 heavy (non-hydrogen) atoms. The number of hydrogen-bond donors (Lipinski definition) is 1. The monoisotopic (exact) mass is 374 g/mol. The van der Waals surface area contributed by atoms with Gasteiger partial charge in [-0.05, 0) is 18.3 Å². The zero-order valence-corrected chi connectivity index (χ0v) is 15.9. The van der Waals surface area contributed by atoms with E-state index in [1.54, 1.807) is 0 Å². The molecule has 2 bridgehead atoms. The van der Waals surface area contributed by atoms with Crippen LogP contribution in [0.4, 0.5) is 5.13 Å². The second-order valence-corrected chi connectivity index (χ2v) is 9.27. The van der Waals surface area contributed by atoms with Gasteiger partial charge in [0.25, 0.3) is 0 Å². The Morgan fingerprint density at radius 3 is 2.35 bits per heavy atom. The summed E-state index contributed by atoms with van der Waals surface area (Å²) in [7, 11) is 0. The number of aromatic nitrogens is 2. The minimum atomic E-state index is -0.264. The van der Waals surface area contributed by atoms with Crippen LogP contribution in [0, 0.1) is 23.7 Å². The van der Waals surface area contributed by atoms with E-state index in [0.29, 0.717) is 5.13 Å². The summed E-state index contributed by atoms with van der Waals surface area (Å²) >= 11 is 1.34. The molecular formula is C18H22N4O3S. The van der Waals surface area contributed by atoms with Crippen molar-refractivity contribution in [2.45, 2.75) is 39.0 Å². The van der Waals surface area contributed by atoms with Crippen molar-refractivity contribution in [1.82, 2.24) is 15.1 Å². The fraction of sp³-hybridized carbons (Fsp3) is 0.611. The Labute approximate surface area is 155 Å². The maximum Gasteiger partial charge on any atom is 0.233 e. The van der Waals surface area contributed by atoms with Crippen molar-refractivity contribution in [3.8, 4) is 0 Å². The highest BCUT2D eigenvalue weighted by molar-refractivity contribution is 7.15. The summed E-state index contributed by atoms with van der Waals surface area (Å²) in [6.45, 7) is 6.22. The lowest BCUT2D eigenvalue weighted by atomic mass is 9.85. The quantitative estimate of drug-likeness (QED) is 0.642. The maximum absolute atomic E-state index is 12.6. The summed E-state index contributed by atoms with van der Waals surface area (Å²) in [6.07, 6.45) is 5.11. The van der Waals surface area contributed by atoms with E-state index >= 15 is 0 Å². The third-order valence-electron chi connectivity index (χ3n) is 5.44. The van der Waals surface area contributed by atoms with Crippen LogP contribution in [0.15, 0.2) is 12.2 Å². The molecule has 0 unspecified atom stereocenters. The van der Waals surface area contributed by atoms with E-state index in [2.05, 4.69) is 27.7 Å². The molecule has 1 aliphatic heterocycles. The second-order valence-electron chi connectivity index (χ2n) is 8.29. The predicted octanol–water partition coefficient (Wildman–Crippen LogP) is 1.97. The number of imide groups is 1. The van der Waals surface area contributed by atoms with E-state index in [9.17, 15) is 14.4 Å². The molecule has 3 amide bonds. The number of fused-ring (bicyclic) bond motifs is 5. The minimum Gasteiger partial charge on any atom is -0.300 e. The smallest absolute Gasteiger partial charge is 0.233 e. The van der Waals surface area contributed by atoms with Gasteiger partial charge in [-0.2, -0.15) is 0 Å². The number of carbonyl (C=O) groups is 3. The summed E-state index contributed by atoms with van der Waals surface area (Å²) < 4.78 is 0. The maximum atomic E-state index is 12.6. The van der Waals surface area contributed by atoms with Crippen LogP contribution in [0.2, 0.25) is 0 Å². The molecule has 1 aromatic rings. The van der Waals surface area contributed by atoms with Gasteiger partial charge in [0.2, 0.25) is 22.9 Å². The van der Waals surface area contributed by atoms with E-state index in [4.69, 9.17) is 0 Å². The van der Waals surface area contributed by atoms with E-state index in [1.165, 1.54) is 16.2 Å². The second kappa shape index (κ2) is 5.97. The lowest BCUT2D eigenvalue weighted by Gasteiger charge is -2.16. The first kappa shape index (κ1) is 17.3. The van der Waals surface area contributed by atoms with Crippen molar-refractivity contribution in [1.29, 1.82) is 0 Å². The Hall–Kier alpha value is -2.09. The van der Waals surface area contributed by atoms with Crippen LogP contribution in [0.3, 0.4) is 0 Å². The fourth-order valence-corrected chi connectivity index (χ4v) is 4.97. The molecule has 2 aliphatic carbocycles. The number of anilines is 1. The van der Waals surface area contributed by atoms with Crippen molar-refractivity contribution >= 4 is 34.2 Å². The van der Waals surface area contributed by atoms with Gasteiger partial charge in [-0.1, -0.05) is 44.3 Å². The molecular weight excluding hydrogens is 352 g/mol. The topological polar surface area (TPSA) is 92.3 Å². The molecule has 8 heteroatoms. The van der Waals surface area contributed by atoms with Gasteiger partial charge < -0.3 is 5.32 Å². The van der Waals surface area contributed by atoms with Crippen LogP contribution < -0.4 is 5.32 Å². The van der Waals surface area contributed by atoms with Crippen LogP contribution in [0.5, 0.6) is 0 Å². The van der Waals surface area contributed by atoms with Crippen molar-refractivity contribution in [3.63, 3.8) is 0 Å². The highest BCUT2D eigenvalue weighted by Gasteiger charge is 2.59. The summed E-state index contributed by atoms with van der Waals surface area (Å²) in [6, 6.07) is 0. The largest absolute Gasteiger partial charge is 0.300 e. The lowest BCUT2D eigenvalue weighted by molar-refractivity contribution is -0.140. The van der Waals surface area contributed by atoms with Crippen LogP contribution >= 0.6 is 11.3 Å². The molecule has 0 spiro atoms. The van der Waals surface area contributed by atoms with Gasteiger partial charge in [0.05, 0.1) is 11.8 Å². The van der Waals surface area contributed by atoms with Gasteiger partial charge in [0, 0.05) is 18.4 Å². The molecule has 2 fully saturated rings. The molecule has 1 N–H and O–H groups in total. The molecule has 0 radical (unpaired) electrons. The summed E-state index contributed by atoms with van der Waals surface area (Å²) in [5.41, 5.74) is -0.125. The highest BCUT2D eigenvalue weighted by Crippen LogP contribution is 2.52. The number of likely N-dealkylation sites (tertiary alicyclic amines) is 1. The Bertz CT molecular complexity index is 780. The van der Waals surface area contributed by atoms with E-state index in [-0.39, 0.29) is 59.8 Å². The van der Waals surface area contributed by atoms with Crippen molar-refractivity contribution in [3.05, 3.63) is 17.2 Å². The molecule has 1 saturated carbocycles. The predicted molar refractivity (Wildman–Crippen MR) is 96.3 cm³/mol. The molecule has 1 saturated heterocycles. The van der Waals surface area contributed by atoms with Crippen molar-refractivity contribution in [2.24, 2.45) is 23.7 Å². The Morgan fingerprint density at radius 1 is 1.19 bits per heavy atom. The number of nitrogens with zero attached hydrogens (tertiary/aromatic N) is 3. The summed E-state index contributed by atoms with van der Waals surface area (Å²) in [5, 5.41) is 12.1. The normalized spacial score (nSPS) is 29.6. The average molecular weight is 374 g/mol. The zero-order valence-electron chi connectivity index (χ0n) is 15.1. The fourth-order valence-electron chi connectivity index (χ4n) is 4.16. The SMILES string of the molecule is CC(C)(C)c1nnc(NC(=O)CCN2C(=O)[C@H]3[C@H](C2=O)[C@H]2C=C[C@H]3C2)s1. The number of rotatable bonds is 4. The van der Waals surface area contributed by atoms with Gasteiger partial charge in [0.1, 0.15) is 5.01 Å². The molecule has 1 aromatic heterocycles. The Morgan fingerprint density at radius 2 is 1.81 bits per heavy atom. The first-order chi connectivity index (χ1) is 12.3. The molecule has 4 rings (SSSR count).